The predicted octanol–water partition coefficient (Wildman–Crippen LogP) is 2.78. The van der Waals surface area contributed by atoms with E-state index in [1.807, 2.05) is 0 Å². The number of halogens is 1. The molecule has 0 spiro atoms. The molecule has 112 valence electrons. The van der Waals surface area contributed by atoms with Crippen LogP contribution in [-0.2, 0) is 4.79 Å². The Bertz CT molecular complexity index is 434. The third-order valence-electron chi connectivity index (χ3n) is 3.83. The summed E-state index contributed by atoms with van der Waals surface area (Å²) < 4.78 is 0. The minimum Gasteiger partial charge on any atom is -0.506 e. The fraction of sp³-hybridized carbons (Fsp3) is 0.533. The summed E-state index contributed by atoms with van der Waals surface area (Å²) in [5.74, 6) is 1.02. The van der Waals surface area contributed by atoms with Gasteiger partial charge in [0.15, 0.2) is 0 Å². The van der Waals surface area contributed by atoms with E-state index in [1.54, 1.807) is 24.3 Å². The molecule has 0 bridgehead atoms. The van der Waals surface area contributed by atoms with Crippen molar-refractivity contribution in [2.45, 2.75) is 26.2 Å². The number of phenols is 1. The lowest BCUT2D eigenvalue weighted by Gasteiger charge is -2.28. The Labute approximate surface area is 126 Å². The van der Waals surface area contributed by atoms with Gasteiger partial charge in [-0.1, -0.05) is 19.1 Å². The summed E-state index contributed by atoms with van der Waals surface area (Å²) in [6.45, 7) is 4.22. The molecule has 1 aliphatic heterocycles. The van der Waals surface area contributed by atoms with E-state index in [0.717, 1.165) is 13.1 Å². The largest absolute Gasteiger partial charge is 0.506 e. The van der Waals surface area contributed by atoms with Crippen LogP contribution in [0.3, 0.4) is 0 Å². The first kappa shape index (κ1) is 16.8. The Morgan fingerprint density at radius 3 is 2.90 bits per heavy atom. The smallest absolute Gasteiger partial charge is 0.224 e. The molecule has 1 aromatic carbocycles. The van der Waals surface area contributed by atoms with Gasteiger partial charge in [-0.05, 0) is 49.9 Å². The lowest BCUT2D eigenvalue weighted by Crippen LogP contribution is -2.34. The number of phenolic OH excluding ortho intramolecular Hbond substituents is 1. The number of hydrogen-bond donors (Lipinski definition) is 3. The van der Waals surface area contributed by atoms with Crippen molar-refractivity contribution in [1.82, 2.24) is 5.32 Å². The third-order valence-corrected chi connectivity index (χ3v) is 3.83. The maximum absolute atomic E-state index is 12.0. The summed E-state index contributed by atoms with van der Waals surface area (Å²) in [7, 11) is 0. The number of carbonyl (C=O) groups excluding carboxylic acids is 1. The number of hydrogen-bond acceptors (Lipinski definition) is 3. The van der Waals surface area contributed by atoms with Crippen LogP contribution >= 0.6 is 12.4 Å². The zero-order chi connectivity index (χ0) is 13.7. The van der Waals surface area contributed by atoms with E-state index in [4.69, 9.17) is 0 Å². The van der Waals surface area contributed by atoms with E-state index >= 15 is 0 Å². The maximum Gasteiger partial charge on any atom is 0.224 e. The monoisotopic (exact) mass is 298 g/mol. The van der Waals surface area contributed by atoms with Crippen molar-refractivity contribution in [3.63, 3.8) is 0 Å². The van der Waals surface area contributed by atoms with Gasteiger partial charge in [0.05, 0.1) is 5.69 Å². The number of anilines is 1. The van der Waals surface area contributed by atoms with Crippen molar-refractivity contribution in [3.05, 3.63) is 24.3 Å². The average Bonchev–Trinajstić information content (AvgIpc) is 2.42. The Morgan fingerprint density at radius 1 is 1.50 bits per heavy atom. The number of piperidine rings is 1. The second kappa shape index (κ2) is 8.12. The van der Waals surface area contributed by atoms with E-state index in [1.165, 1.54) is 12.8 Å². The van der Waals surface area contributed by atoms with Crippen molar-refractivity contribution in [2.24, 2.45) is 11.8 Å². The number of nitrogens with one attached hydrogen (secondary N) is 2. The number of aromatic hydroxyl groups is 1. The zero-order valence-electron chi connectivity index (χ0n) is 11.8. The molecule has 4 nitrogen and oxygen atoms in total. The molecule has 0 saturated carbocycles. The van der Waals surface area contributed by atoms with Crippen molar-refractivity contribution >= 4 is 24.0 Å². The third kappa shape index (κ3) is 4.69. The van der Waals surface area contributed by atoms with Crippen molar-refractivity contribution < 1.29 is 9.90 Å². The summed E-state index contributed by atoms with van der Waals surface area (Å²) in [5, 5.41) is 15.8. The second-order valence-corrected chi connectivity index (χ2v) is 5.35. The molecule has 2 rings (SSSR count). The molecule has 1 amide bonds. The topological polar surface area (TPSA) is 61.4 Å². The molecule has 1 heterocycles. The molecule has 0 aliphatic carbocycles. The molecule has 2 unspecified atom stereocenters. The summed E-state index contributed by atoms with van der Waals surface area (Å²) in [6, 6.07) is 6.81. The molecule has 3 N–H and O–H groups in total. The first-order valence-electron chi connectivity index (χ1n) is 6.95. The molecule has 0 aromatic heterocycles. The van der Waals surface area contributed by atoms with Crippen LogP contribution in [0, 0.1) is 11.8 Å². The molecule has 1 fully saturated rings. The summed E-state index contributed by atoms with van der Waals surface area (Å²) in [5.41, 5.74) is 0.487. The second-order valence-electron chi connectivity index (χ2n) is 5.35. The lowest BCUT2D eigenvalue weighted by molar-refractivity contribution is -0.117. The maximum atomic E-state index is 12.0. The lowest BCUT2D eigenvalue weighted by atomic mass is 9.85. The Morgan fingerprint density at radius 2 is 2.25 bits per heavy atom. The summed E-state index contributed by atoms with van der Waals surface area (Å²) >= 11 is 0. The quantitative estimate of drug-likeness (QED) is 0.749. The molecule has 2 atom stereocenters. The number of benzene rings is 1. The summed E-state index contributed by atoms with van der Waals surface area (Å²) in [6.07, 6.45) is 2.88. The Balaban J connectivity index is 0.00000200. The van der Waals surface area contributed by atoms with Gasteiger partial charge in [0.25, 0.3) is 0 Å². The standard InChI is InChI=1S/C15H22N2O2.ClH/c1-11(12-5-4-8-16-10-12)9-15(19)17-13-6-2-3-7-14(13)18;/h2-3,6-7,11-12,16,18H,4-5,8-10H2,1H3,(H,17,19);1H. The van der Waals surface area contributed by atoms with Crippen LogP contribution in [-0.4, -0.2) is 24.1 Å². The Kier molecular flexibility index (Phi) is 6.82. The van der Waals surface area contributed by atoms with Crippen molar-refractivity contribution in [1.29, 1.82) is 0 Å². The Hall–Kier alpha value is -1.26. The van der Waals surface area contributed by atoms with Gasteiger partial charge < -0.3 is 15.7 Å². The van der Waals surface area contributed by atoms with E-state index in [2.05, 4.69) is 17.6 Å². The number of para-hydroxylation sites is 2. The highest BCUT2D eigenvalue weighted by Gasteiger charge is 2.22. The molecular weight excluding hydrogens is 276 g/mol. The van der Waals surface area contributed by atoms with E-state index in [-0.39, 0.29) is 24.1 Å². The van der Waals surface area contributed by atoms with Crippen LogP contribution in [0.15, 0.2) is 24.3 Å². The first-order chi connectivity index (χ1) is 9.16. The van der Waals surface area contributed by atoms with Crippen molar-refractivity contribution in [2.75, 3.05) is 18.4 Å². The van der Waals surface area contributed by atoms with Gasteiger partial charge in [0.2, 0.25) is 5.91 Å². The molecule has 1 aromatic rings. The molecule has 0 radical (unpaired) electrons. The fourth-order valence-corrected chi connectivity index (χ4v) is 2.60. The van der Waals surface area contributed by atoms with Crippen molar-refractivity contribution in [3.8, 4) is 5.75 Å². The van der Waals surface area contributed by atoms with E-state index < -0.39 is 0 Å². The highest BCUT2D eigenvalue weighted by molar-refractivity contribution is 5.92. The summed E-state index contributed by atoms with van der Waals surface area (Å²) in [4.78, 5) is 12.0. The van der Waals surface area contributed by atoms with Crippen LogP contribution in [0.2, 0.25) is 0 Å². The minimum absolute atomic E-state index is 0. The predicted molar refractivity (Wildman–Crippen MR) is 83.4 cm³/mol. The molecule has 5 heteroatoms. The highest BCUT2D eigenvalue weighted by Crippen LogP contribution is 2.25. The van der Waals surface area contributed by atoms with Crippen LogP contribution < -0.4 is 10.6 Å². The first-order valence-corrected chi connectivity index (χ1v) is 6.95. The van der Waals surface area contributed by atoms with E-state index in [9.17, 15) is 9.90 Å². The van der Waals surface area contributed by atoms with Gasteiger partial charge in [0, 0.05) is 6.42 Å². The van der Waals surface area contributed by atoms with Gasteiger partial charge in [-0.25, -0.2) is 0 Å². The van der Waals surface area contributed by atoms with Gasteiger partial charge in [0.1, 0.15) is 5.75 Å². The number of amides is 1. The highest BCUT2D eigenvalue weighted by atomic mass is 35.5. The fourth-order valence-electron chi connectivity index (χ4n) is 2.60. The molecule has 1 saturated heterocycles. The number of carbonyl (C=O) groups is 1. The normalized spacial score (nSPS) is 19.8. The van der Waals surface area contributed by atoms with Gasteiger partial charge in [-0.2, -0.15) is 0 Å². The van der Waals surface area contributed by atoms with Crippen LogP contribution in [0.4, 0.5) is 5.69 Å². The molecule has 1 aliphatic rings. The molecule has 20 heavy (non-hydrogen) atoms. The average molecular weight is 299 g/mol. The number of rotatable bonds is 4. The SMILES string of the molecule is CC(CC(=O)Nc1ccccc1O)C1CCCNC1.Cl. The van der Waals surface area contributed by atoms with Gasteiger partial charge in [-0.3, -0.25) is 4.79 Å². The minimum atomic E-state index is -0.0282. The zero-order valence-corrected chi connectivity index (χ0v) is 12.6. The van der Waals surface area contributed by atoms with Crippen LogP contribution in [0.25, 0.3) is 0 Å². The van der Waals surface area contributed by atoms with E-state index in [0.29, 0.717) is 23.9 Å². The molecular formula is C15H23ClN2O2. The van der Waals surface area contributed by atoms with Crippen LogP contribution in [0.1, 0.15) is 26.2 Å². The van der Waals surface area contributed by atoms with Gasteiger partial charge in [-0.15, -0.1) is 12.4 Å². The van der Waals surface area contributed by atoms with Crippen LogP contribution in [0.5, 0.6) is 5.75 Å². The van der Waals surface area contributed by atoms with Gasteiger partial charge >= 0.3 is 0 Å².